The predicted octanol–water partition coefficient (Wildman–Crippen LogP) is 4.70. The number of ether oxygens (including phenoxy) is 1. The third-order valence-electron chi connectivity index (χ3n) is 3.77. The first-order chi connectivity index (χ1) is 9.62. The van der Waals surface area contributed by atoms with Crippen LogP contribution in [-0.2, 0) is 0 Å². The molecule has 3 heteroatoms. The Morgan fingerprint density at radius 2 is 1.90 bits per heavy atom. The molecule has 0 amide bonds. The van der Waals surface area contributed by atoms with Gasteiger partial charge in [0.15, 0.2) is 0 Å². The van der Waals surface area contributed by atoms with E-state index in [4.69, 9.17) is 4.74 Å². The fourth-order valence-electron chi connectivity index (χ4n) is 2.19. The molecule has 1 rings (SSSR count). The van der Waals surface area contributed by atoms with Gasteiger partial charge in [0.05, 0.1) is 6.61 Å². The highest BCUT2D eigenvalue weighted by atomic mass is 19.1. The first-order valence-corrected chi connectivity index (χ1v) is 7.77. The predicted molar refractivity (Wildman–Crippen MR) is 82.7 cm³/mol. The van der Waals surface area contributed by atoms with Crippen LogP contribution in [0.4, 0.5) is 4.39 Å². The zero-order chi connectivity index (χ0) is 15.0. The lowest BCUT2D eigenvalue weighted by atomic mass is 10.0. The smallest absolute Gasteiger partial charge is 0.126 e. The maximum absolute atomic E-state index is 13.5. The summed E-state index contributed by atoms with van der Waals surface area (Å²) in [6.07, 6.45) is 3.26. The van der Waals surface area contributed by atoms with E-state index in [1.807, 2.05) is 6.07 Å². The van der Waals surface area contributed by atoms with E-state index in [9.17, 15) is 4.39 Å². The van der Waals surface area contributed by atoms with Crippen molar-refractivity contribution in [3.63, 3.8) is 0 Å². The lowest BCUT2D eigenvalue weighted by Gasteiger charge is -2.20. The van der Waals surface area contributed by atoms with Gasteiger partial charge in [-0.05, 0) is 31.9 Å². The number of hydrogen-bond donors (Lipinski definition) is 1. The summed E-state index contributed by atoms with van der Waals surface area (Å²) in [5.74, 6) is 0.967. The highest BCUT2D eigenvalue weighted by Gasteiger charge is 2.13. The summed E-state index contributed by atoms with van der Waals surface area (Å²) in [6, 6.07) is 5.00. The van der Waals surface area contributed by atoms with Crippen LogP contribution in [-0.4, -0.2) is 13.2 Å². The van der Waals surface area contributed by atoms with Crippen LogP contribution in [0.15, 0.2) is 18.2 Å². The molecule has 0 aliphatic rings. The van der Waals surface area contributed by atoms with Crippen LogP contribution in [0, 0.1) is 11.7 Å². The van der Waals surface area contributed by atoms with E-state index in [1.165, 1.54) is 12.1 Å². The minimum atomic E-state index is -0.240. The number of nitrogens with one attached hydrogen (secondary N) is 1. The van der Waals surface area contributed by atoms with Crippen molar-refractivity contribution in [3.8, 4) is 5.75 Å². The van der Waals surface area contributed by atoms with Gasteiger partial charge in [-0.2, -0.15) is 0 Å². The second kappa shape index (κ2) is 8.96. The lowest BCUT2D eigenvalue weighted by molar-refractivity contribution is 0.236. The molecule has 1 N–H and O–H groups in total. The van der Waals surface area contributed by atoms with Gasteiger partial charge in [-0.1, -0.05) is 39.7 Å². The van der Waals surface area contributed by atoms with Crippen molar-refractivity contribution < 1.29 is 9.13 Å². The van der Waals surface area contributed by atoms with E-state index in [0.717, 1.165) is 31.4 Å². The summed E-state index contributed by atoms with van der Waals surface area (Å²) in [6.45, 7) is 10.2. The van der Waals surface area contributed by atoms with E-state index in [0.29, 0.717) is 18.3 Å². The van der Waals surface area contributed by atoms with Gasteiger partial charge >= 0.3 is 0 Å². The molecule has 0 bridgehead atoms. The Kier molecular flexibility index (Phi) is 7.60. The standard InChI is InChI=1S/C17H28FNO/c1-5-10-19-13(4)16-9-8-15(18)11-17(16)20-12-14(6-2)7-3/h8-9,11,13-14,19H,5-7,10,12H2,1-4H3. The summed E-state index contributed by atoms with van der Waals surface area (Å²) >= 11 is 0. The van der Waals surface area contributed by atoms with Gasteiger partial charge in [0.25, 0.3) is 0 Å². The number of rotatable bonds is 9. The van der Waals surface area contributed by atoms with Crippen LogP contribution < -0.4 is 10.1 Å². The fraction of sp³-hybridized carbons (Fsp3) is 0.647. The second-order valence-corrected chi connectivity index (χ2v) is 5.35. The van der Waals surface area contributed by atoms with E-state index < -0.39 is 0 Å². The number of halogens is 1. The van der Waals surface area contributed by atoms with Crippen LogP contribution in [0.1, 0.15) is 58.6 Å². The summed E-state index contributed by atoms with van der Waals surface area (Å²) in [4.78, 5) is 0. The molecule has 0 saturated heterocycles. The third-order valence-corrected chi connectivity index (χ3v) is 3.77. The Labute approximate surface area is 122 Å². The molecule has 1 aromatic carbocycles. The molecule has 20 heavy (non-hydrogen) atoms. The molecule has 0 saturated carbocycles. The second-order valence-electron chi connectivity index (χ2n) is 5.35. The summed E-state index contributed by atoms with van der Waals surface area (Å²) in [7, 11) is 0. The fourth-order valence-corrected chi connectivity index (χ4v) is 2.19. The molecule has 0 aromatic heterocycles. The minimum Gasteiger partial charge on any atom is -0.493 e. The van der Waals surface area contributed by atoms with E-state index in [1.54, 1.807) is 0 Å². The summed E-state index contributed by atoms with van der Waals surface area (Å²) < 4.78 is 19.3. The summed E-state index contributed by atoms with van der Waals surface area (Å²) in [5.41, 5.74) is 1.03. The molecular weight excluding hydrogens is 253 g/mol. The third kappa shape index (κ3) is 5.12. The van der Waals surface area contributed by atoms with Crippen molar-refractivity contribution in [2.24, 2.45) is 5.92 Å². The normalized spacial score (nSPS) is 12.7. The van der Waals surface area contributed by atoms with Crippen LogP contribution in [0.3, 0.4) is 0 Å². The van der Waals surface area contributed by atoms with Gasteiger partial charge in [-0.3, -0.25) is 0 Å². The van der Waals surface area contributed by atoms with Gasteiger partial charge < -0.3 is 10.1 Å². The van der Waals surface area contributed by atoms with Crippen molar-refractivity contribution in [2.45, 2.75) is 53.0 Å². The van der Waals surface area contributed by atoms with Gasteiger partial charge in [-0.25, -0.2) is 4.39 Å². The van der Waals surface area contributed by atoms with Crippen LogP contribution in [0.2, 0.25) is 0 Å². The van der Waals surface area contributed by atoms with Crippen molar-refractivity contribution >= 4 is 0 Å². The van der Waals surface area contributed by atoms with Crippen molar-refractivity contribution in [1.82, 2.24) is 5.32 Å². The zero-order valence-corrected chi connectivity index (χ0v) is 13.2. The monoisotopic (exact) mass is 281 g/mol. The molecule has 0 aliphatic heterocycles. The maximum Gasteiger partial charge on any atom is 0.126 e. The molecule has 0 radical (unpaired) electrons. The van der Waals surface area contributed by atoms with E-state index in [-0.39, 0.29) is 11.9 Å². The quantitative estimate of drug-likeness (QED) is 0.708. The topological polar surface area (TPSA) is 21.3 Å². The molecule has 1 atom stereocenters. The van der Waals surface area contributed by atoms with Gasteiger partial charge in [0, 0.05) is 17.7 Å². The number of benzene rings is 1. The highest BCUT2D eigenvalue weighted by molar-refractivity contribution is 5.36. The molecule has 1 aromatic rings. The van der Waals surface area contributed by atoms with Gasteiger partial charge in [0.2, 0.25) is 0 Å². The molecule has 0 heterocycles. The van der Waals surface area contributed by atoms with Crippen molar-refractivity contribution in [2.75, 3.05) is 13.2 Å². The first kappa shape index (κ1) is 17.0. The molecule has 0 spiro atoms. The molecule has 2 nitrogen and oxygen atoms in total. The largest absolute Gasteiger partial charge is 0.493 e. The van der Waals surface area contributed by atoms with Crippen LogP contribution in [0.25, 0.3) is 0 Å². The zero-order valence-electron chi connectivity index (χ0n) is 13.2. The Balaban J connectivity index is 2.78. The molecular formula is C17H28FNO. The molecule has 114 valence electrons. The Morgan fingerprint density at radius 1 is 1.20 bits per heavy atom. The van der Waals surface area contributed by atoms with Crippen LogP contribution in [0.5, 0.6) is 5.75 Å². The number of hydrogen-bond acceptors (Lipinski definition) is 2. The Bertz CT molecular complexity index is 391. The molecule has 0 aliphatic carbocycles. The maximum atomic E-state index is 13.5. The lowest BCUT2D eigenvalue weighted by Crippen LogP contribution is -2.20. The minimum absolute atomic E-state index is 0.173. The average Bonchev–Trinajstić information content (AvgIpc) is 2.46. The Morgan fingerprint density at radius 3 is 2.50 bits per heavy atom. The van der Waals surface area contributed by atoms with Crippen molar-refractivity contribution in [3.05, 3.63) is 29.6 Å². The average molecular weight is 281 g/mol. The molecule has 1 unspecified atom stereocenters. The van der Waals surface area contributed by atoms with E-state index >= 15 is 0 Å². The summed E-state index contributed by atoms with van der Waals surface area (Å²) in [5, 5.41) is 3.42. The van der Waals surface area contributed by atoms with E-state index in [2.05, 4.69) is 33.0 Å². The SMILES string of the molecule is CCCNC(C)c1ccc(F)cc1OCC(CC)CC. The van der Waals surface area contributed by atoms with Crippen LogP contribution >= 0.6 is 0 Å². The van der Waals surface area contributed by atoms with Gasteiger partial charge in [-0.15, -0.1) is 0 Å². The molecule has 0 fully saturated rings. The Hall–Kier alpha value is -1.09. The van der Waals surface area contributed by atoms with Gasteiger partial charge in [0.1, 0.15) is 11.6 Å². The first-order valence-electron chi connectivity index (χ1n) is 7.77. The highest BCUT2D eigenvalue weighted by Crippen LogP contribution is 2.27. The van der Waals surface area contributed by atoms with Crippen molar-refractivity contribution in [1.29, 1.82) is 0 Å².